The first kappa shape index (κ1) is 17.4. The zero-order valence-electron chi connectivity index (χ0n) is 15.6. The summed E-state index contributed by atoms with van der Waals surface area (Å²) in [6, 6.07) is 0.807. The van der Waals surface area contributed by atoms with Gasteiger partial charge in [-0.2, -0.15) is 0 Å². The van der Waals surface area contributed by atoms with Crippen LogP contribution in [-0.4, -0.2) is 68.7 Å². The number of hydrogen-bond acceptors (Lipinski definition) is 6. The largest absolute Gasteiger partial charge is 0.492 e. The number of carbonyl (C=O) groups is 3. The summed E-state index contributed by atoms with van der Waals surface area (Å²) in [4.78, 5) is 41.2. The predicted molar refractivity (Wildman–Crippen MR) is 92.7 cm³/mol. The van der Waals surface area contributed by atoms with Gasteiger partial charge in [0.2, 0.25) is 24.4 Å². The topological polar surface area (TPSA) is 97.4 Å². The quantitative estimate of drug-likeness (QED) is 0.739. The summed E-state index contributed by atoms with van der Waals surface area (Å²) in [7, 11) is 6.02. The number of nitrogens with zero attached hydrogens (tertiary/aromatic N) is 2. The average Bonchev–Trinajstić information content (AvgIpc) is 3.15. The Hall–Kier alpha value is -2.97. The number of imide groups is 1. The number of carbonyl (C=O) groups excluding carboxylic acids is 3. The van der Waals surface area contributed by atoms with Gasteiger partial charge in [-0.05, 0) is 18.1 Å². The van der Waals surface area contributed by atoms with Crippen molar-refractivity contribution < 1.29 is 28.6 Å². The molecule has 144 valence electrons. The predicted octanol–water partition coefficient (Wildman–Crippen LogP) is 0.147. The standard InChI is InChI=1S/C18H21N3O6/c1-19-15(22)18-7-10-9(5-11-14(13(10)25-4)27-8-26-11)6-12(18)20(2)17(24)21(3)16(18)23/h5,12H,6-8H2,1-4H3,(H,19,22)/t12-,18+/m1/s1. The Morgan fingerprint density at radius 2 is 2.07 bits per heavy atom. The van der Waals surface area contributed by atoms with Gasteiger partial charge in [-0.3, -0.25) is 14.5 Å². The molecule has 1 aliphatic carbocycles. The summed E-state index contributed by atoms with van der Waals surface area (Å²) < 4.78 is 16.6. The number of hydrogen-bond donors (Lipinski definition) is 1. The summed E-state index contributed by atoms with van der Waals surface area (Å²) in [5.74, 6) is 0.570. The molecule has 4 amide bonds. The van der Waals surface area contributed by atoms with Gasteiger partial charge in [-0.25, -0.2) is 4.79 Å². The average molecular weight is 375 g/mol. The van der Waals surface area contributed by atoms with Crippen molar-refractivity contribution in [1.29, 1.82) is 0 Å². The number of likely N-dealkylation sites (N-methyl/N-ethyl adjacent to an activating group) is 1. The number of ether oxygens (including phenoxy) is 3. The number of amides is 4. The molecule has 1 aromatic rings. The molecule has 1 N–H and O–H groups in total. The molecule has 2 atom stereocenters. The maximum atomic E-state index is 13.2. The Kier molecular flexibility index (Phi) is 3.72. The van der Waals surface area contributed by atoms with Gasteiger partial charge in [-0.15, -0.1) is 0 Å². The molecule has 0 unspecified atom stereocenters. The molecule has 0 bridgehead atoms. The summed E-state index contributed by atoms with van der Waals surface area (Å²) >= 11 is 0. The highest BCUT2D eigenvalue weighted by Crippen LogP contribution is 2.51. The molecule has 4 rings (SSSR count). The van der Waals surface area contributed by atoms with E-state index >= 15 is 0 Å². The van der Waals surface area contributed by atoms with Crippen LogP contribution in [-0.2, 0) is 22.4 Å². The number of benzene rings is 1. The van der Waals surface area contributed by atoms with E-state index < -0.39 is 29.3 Å². The van der Waals surface area contributed by atoms with Crippen LogP contribution in [0.3, 0.4) is 0 Å². The van der Waals surface area contributed by atoms with Crippen molar-refractivity contribution in [2.75, 3.05) is 35.0 Å². The van der Waals surface area contributed by atoms with E-state index in [0.29, 0.717) is 23.7 Å². The second-order valence-corrected chi connectivity index (χ2v) is 6.99. The van der Waals surface area contributed by atoms with Crippen LogP contribution in [0.4, 0.5) is 4.79 Å². The minimum absolute atomic E-state index is 0.0820. The third-order valence-electron chi connectivity index (χ3n) is 5.83. The molecule has 9 heteroatoms. The SMILES string of the molecule is CNC(=O)[C@]12Cc3c(cc4c(c3OC)OCO4)C[C@H]1N(C)C(=O)N(C)C2=O. The molecule has 1 fully saturated rings. The van der Waals surface area contributed by atoms with Crippen LogP contribution in [0, 0.1) is 5.41 Å². The van der Waals surface area contributed by atoms with Gasteiger partial charge in [-0.1, -0.05) is 0 Å². The van der Waals surface area contributed by atoms with Crippen molar-refractivity contribution >= 4 is 17.8 Å². The molecule has 0 radical (unpaired) electrons. The first-order chi connectivity index (χ1) is 12.9. The normalized spacial score (nSPS) is 25.9. The molecule has 0 saturated carbocycles. The van der Waals surface area contributed by atoms with E-state index in [1.165, 1.54) is 26.1 Å². The van der Waals surface area contributed by atoms with Crippen molar-refractivity contribution in [3.05, 3.63) is 17.2 Å². The van der Waals surface area contributed by atoms with Crippen molar-refractivity contribution in [3.8, 4) is 17.2 Å². The van der Waals surface area contributed by atoms with Gasteiger partial charge >= 0.3 is 6.03 Å². The summed E-state index contributed by atoms with van der Waals surface area (Å²) in [5.41, 5.74) is 0.170. The van der Waals surface area contributed by atoms with E-state index in [-0.39, 0.29) is 13.2 Å². The van der Waals surface area contributed by atoms with E-state index in [4.69, 9.17) is 14.2 Å². The third kappa shape index (κ3) is 2.08. The molecule has 3 aliphatic rings. The smallest absolute Gasteiger partial charge is 0.326 e. The Labute approximate surface area is 156 Å². The summed E-state index contributed by atoms with van der Waals surface area (Å²) in [6.45, 7) is 0.0820. The van der Waals surface area contributed by atoms with Crippen LogP contribution in [0.1, 0.15) is 11.1 Å². The van der Waals surface area contributed by atoms with Crippen LogP contribution >= 0.6 is 0 Å². The molecule has 27 heavy (non-hydrogen) atoms. The van der Waals surface area contributed by atoms with E-state index in [1.54, 1.807) is 7.05 Å². The second-order valence-electron chi connectivity index (χ2n) is 6.99. The lowest BCUT2D eigenvalue weighted by molar-refractivity contribution is -0.157. The zero-order valence-corrected chi connectivity index (χ0v) is 15.6. The van der Waals surface area contributed by atoms with Gasteiger partial charge in [0.15, 0.2) is 16.9 Å². The number of methoxy groups -OCH3 is 1. The zero-order chi connectivity index (χ0) is 19.5. The monoisotopic (exact) mass is 375 g/mol. The molecule has 2 heterocycles. The minimum Gasteiger partial charge on any atom is -0.492 e. The summed E-state index contributed by atoms with van der Waals surface area (Å²) in [6.07, 6.45) is 0.435. The van der Waals surface area contributed by atoms with Crippen molar-refractivity contribution in [3.63, 3.8) is 0 Å². The minimum atomic E-state index is -1.43. The first-order valence-electron chi connectivity index (χ1n) is 8.62. The number of urea groups is 1. The Morgan fingerprint density at radius 1 is 1.33 bits per heavy atom. The highest BCUT2D eigenvalue weighted by atomic mass is 16.7. The third-order valence-corrected chi connectivity index (χ3v) is 5.83. The number of rotatable bonds is 2. The molecular formula is C18H21N3O6. The Bertz CT molecular complexity index is 869. The first-order valence-corrected chi connectivity index (χ1v) is 8.62. The van der Waals surface area contributed by atoms with Crippen molar-refractivity contribution in [2.24, 2.45) is 5.41 Å². The second kappa shape index (κ2) is 5.77. The van der Waals surface area contributed by atoms with E-state index in [9.17, 15) is 14.4 Å². The molecule has 1 saturated heterocycles. The highest BCUT2D eigenvalue weighted by molar-refractivity contribution is 6.13. The molecule has 1 aromatic carbocycles. The van der Waals surface area contributed by atoms with Crippen molar-refractivity contribution in [2.45, 2.75) is 18.9 Å². The van der Waals surface area contributed by atoms with Crippen LogP contribution < -0.4 is 19.5 Å². The lowest BCUT2D eigenvalue weighted by Gasteiger charge is -2.51. The van der Waals surface area contributed by atoms with Crippen LogP contribution in [0.2, 0.25) is 0 Å². The Morgan fingerprint density at radius 3 is 2.74 bits per heavy atom. The highest BCUT2D eigenvalue weighted by Gasteiger charge is 2.62. The maximum absolute atomic E-state index is 13.2. The fraction of sp³-hybridized carbons (Fsp3) is 0.500. The molecule has 0 aromatic heterocycles. The fourth-order valence-electron chi connectivity index (χ4n) is 4.47. The lowest BCUT2D eigenvalue weighted by atomic mass is 9.64. The van der Waals surface area contributed by atoms with E-state index in [2.05, 4.69) is 5.32 Å². The molecular weight excluding hydrogens is 354 g/mol. The van der Waals surface area contributed by atoms with Crippen LogP contribution in [0.15, 0.2) is 6.07 Å². The van der Waals surface area contributed by atoms with Gasteiger partial charge in [0, 0.05) is 33.1 Å². The van der Waals surface area contributed by atoms with E-state index in [0.717, 1.165) is 16.0 Å². The van der Waals surface area contributed by atoms with Gasteiger partial charge in [0.25, 0.3) is 0 Å². The Balaban J connectivity index is 1.94. The van der Waals surface area contributed by atoms with E-state index in [1.807, 2.05) is 6.07 Å². The molecule has 2 aliphatic heterocycles. The van der Waals surface area contributed by atoms with Gasteiger partial charge in [0.1, 0.15) is 0 Å². The lowest BCUT2D eigenvalue weighted by Crippen LogP contribution is -2.71. The fourth-order valence-corrected chi connectivity index (χ4v) is 4.47. The molecule has 9 nitrogen and oxygen atoms in total. The van der Waals surface area contributed by atoms with Crippen LogP contribution in [0.25, 0.3) is 0 Å². The number of nitrogens with one attached hydrogen (secondary N) is 1. The summed E-state index contributed by atoms with van der Waals surface area (Å²) in [5, 5.41) is 2.61. The van der Waals surface area contributed by atoms with Gasteiger partial charge in [0.05, 0.1) is 13.2 Å². The van der Waals surface area contributed by atoms with Gasteiger partial charge < -0.3 is 24.4 Å². The number of fused-ring (bicyclic) bond motifs is 3. The molecule has 0 spiro atoms. The van der Waals surface area contributed by atoms with Crippen LogP contribution in [0.5, 0.6) is 17.2 Å². The maximum Gasteiger partial charge on any atom is 0.326 e. The van der Waals surface area contributed by atoms with Crippen molar-refractivity contribution in [1.82, 2.24) is 15.1 Å².